The zero-order valence-corrected chi connectivity index (χ0v) is 19.0. The van der Waals surface area contributed by atoms with Gasteiger partial charge in [-0.3, -0.25) is 4.79 Å². The van der Waals surface area contributed by atoms with E-state index in [1.807, 2.05) is 18.2 Å². The van der Waals surface area contributed by atoms with E-state index in [9.17, 15) is 15.0 Å². The van der Waals surface area contributed by atoms with Crippen LogP contribution in [0.1, 0.15) is 53.8 Å². The number of carboxylic acids is 1. The lowest BCUT2D eigenvalue weighted by Gasteiger charge is -2.21. The number of aliphatic carboxylic acids is 1. The summed E-state index contributed by atoms with van der Waals surface area (Å²) in [6, 6.07) is 2.20. The molecule has 1 aliphatic carbocycles. The number of thiophene rings is 1. The summed E-state index contributed by atoms with van der Waals surface area (Å²) in [6.07, 6.45) is 12.1. The first-order chi connectivity index (χ1) is 14.3. The minimum absolute atomic E-state index is 0.0836. The number of carboxylic acid groups (broad SMARTS) is 1. The third kappa shape index (κ3) is 7.71. The van der Waals surface area contributed by atoms with Crippen LogP contribution < -0.4 is 0 Å². The van der Waals surface area contributed by atoms with Gasteiger partial charge in [0.15, 0.2) is 0 Å². The van der Waals surface area contributed by atoms with Crippen LogP contribution in [0.15, 0.2) is 30.4 Å². The highest BCUT2D eigenvalue weighted by molar-refractivity contribution is 7.12. The Bertz CT molecular complexity index is 707. The van der Waals surface area contributed by atoms with Gasteiger partial charge in [0.25, 0.3) is 0 Å². The van der Waals surface area contributed by atoms with Crippen LogP contribution in [0.4, 0.5) is 0 Å². The Labute approximate surface area is 186 Å². The molecule has 2 radical (unpaired) electrons. The Morgan fingerprint density at radius 2 is 2.13 bits per heavy atom. The number of rotatable bonds is 12. The van der Waals surface area contributed by atoms with Gasteiger partial charge < -0.3 is 15.3 Å². The van der Waals surface area contributed by atoms with Gasteiger partial charge in [0.1, 0.15) is 0 Å². The number of allylic oxidation sites excluding steroid dienone is 3. The van der Waals surface area contributed by atoms with Crippen LogP contribution in [-0.2, 0) is 11.2 Å². The maximum Gasteiger partial charge on any atom is 0.303 e. The Hall–Kier alpha value is -1.37. The van der Waals surface area contributed by atoms with E-state index >= 15 is 0 Å². The zero-order chi connectivity index (χ0) is 22.1. The Balaban J connectivity index is 1.88. The molecule has 1 aliphatic rings. The van der Waals surface area contributed by atoms with E-state index in [2.05, 4.69) is 26.0 Å². The van der Waals surface area contributed by atoms with Crippen LogP contribution in [0.2, 0.25) is 6.32 Å². The summed E-state index contributed by atoms with van der Waals surface area (Å²) in [7, 11) is 5.95. The van der Waals surface area contributed by atoms with Crippen LogP contribution in [0.25, 0.3) is 0 Å². The molecule has 2 rings (SSSR count). The van der Waals surface area contributed by atoms with Crippen molar-refractivity contribution in [1.82, 2.24) is 0 Å². The predicted molar refractivity (Wildman–Crippen MR) is 124 cm³/mol. The molecule has 3 N–H and O–H groups in total. The van der Waals surface area contributed by atoms with Crippen molar-refractivity contribution >= 4 is 25.2 Å². The first-order valence-electron chi connectivity index (χ1n) is 11.0. The molecule has 0 aromatic carbocycles. The molecule has 5 atom stereocenters. The molecule has 0 bridgehead atoms. The van der Waals surface area contributed by atoms with Gasteiger partial charge in [0.2, 0.25) is 0 Å². The maximum atomic E-state index is 10.6. The Morgan fingerprint density at radius 3 is 2.77 bits per heavy atom. The van der Waals surface area contributed by atoms with E-state index in [1.54, 1.807) is 11.3 Å². The van der Waals surface area contributed by atoms with Gasteiger partial charge in [-0.1, -0.05) is 30.6 Å². The summed E-state index contributed by atoms with van der Waals surface area (Å²) in [6.45, 7) is 4.24. The second kappa shape index (κ2) is 12.5. The molecule has 164 valence electrons. The second-order valence-electron chi connectivity index (χ2n) is 8.48. The number of hydrogen-bond donors (Lipinski definition) is 3. The number of unbranched alkanes of at least 4 members (excludes halogenated alkanes) is 1. The van der Waals surface area contributed by atoms with Crippen LogP contribution in [0.3, 0.4) is 0 Å². The molecule has 1 unspecified atom stereocenters. The molecule has 0 aliphatic heterocycles. The predicted octanol–water partition coefficient (Wildman–Crippen LogP) is 4.62. The van der Waals surface area contributed by atoms with Crippen molar-refractivity contribution in [1.29, 1.82) is 0 Å². The van der Waals surface area contributed by atoms with Crippen molar-refractivity contribution in [3.8, 4) is 0 Å². The third-order valence-electron chi connectivity index (χ3n) is 6.18. The standard InChI is InChI=1S/C24H35BO4S/c1-16-13-20(30-17(16)2)11-9-19(26)10-12-21-18(15-25)14-23(27)22(21)7-5-3-4-6-8-24(28)29/h3,5,10,12-13,18-19,21-23,26-27H,4,6-9,11,14-15H2,1-2H3,(H,28,29)/b5-3-,12-10+/t18-,19-,21-,22+,23?/m0/s1. The molecule has 1 aromatic rings. The quantitative estimate of drug-likeness (QED) is 0.257. The molecular formula is C24H35BO4S. The van der Waals surface area contributed by atoms with E-state index in [-0.39, 0.29) is 24.2 Å². The zero-order valence-electron chi connectivity index (χ0n) is 18.2. The van der Waals surface area contributed by atoms with Crippen molar-refractivity contribution in [2.24, 2.45) is 17.8 Å². The third-order valence-corrected chi connectivity index (χ3v) is 7.39. The lowest BCUT2D eigenvalue weighted by molar-refractivity contribution is -0.137. The van der Waals surface area contributed by atoms with E-state index in [0.29, 0.717) is 25.6 Å². The molecule has 6 heteroatoms. The topological polar surface area (TPSA) is 77.8 Å². The number of aliphatic hydroxyl groups is 2. The fourth-order valence-corrected chi connectivity index (χ4v) is 5.34. The van der Waals surface area contributed by atoms with Crippen molar-refractivity contribution in [2.45, 2.75) is 77.3 Å². The van der Waals surface area contributed by atoms with Gasteiger partial charge in [-0.15, -0.1) is 11.3 Å². The molecule has 0 amide bonds. The highest BCUT2D eigenvalue weighted by Crippen LogP contribution is 2.42. The summed E-state index contributed by atoms with van der Waals surface area (Å²) >= 11 is 1.80. The van der Waals surface area contributed by atoms with Crippen LogP contribution in [0, 0.1) is 31.6 Å². The molecule has 1 fully saturated rings. The van der Waals surface area contributed by atoms with E-state index in [4.69, 9.17) is 13.0 Å². The lowest BCUT2D eigenvalue weighted by Crippen LogP contribution is -2.19. The number of hydrogen-bond acceptors (Lipinski definition) is 4. The van der Waals surface area contributed by atoms with Gasteiger partial charge in [-0.25, -0.2) is 0 Å². The van der Waals surface area contributed by atoms with Crippen molar-refractivity contribution in [3.63, 3.8) is 0 Å². The highest BCUT2D eigenvalue weighted by atomic mass is 32.1. The van der Waals surface area contributed by atoms with Crippen molar-refractivity contribution < 1.29 is 20.1 Å². The molecule has 0 spiro atoms. The molecule has 1 heterocycles. The number of aliphatic hydroxyl groups excluding tert-OH is 2. The van der Waals surface area contributed by atoms with E-state index in [1.165, 1.54) is 15.3 Å². The van der Waals surface area contributed by atoms with Gasteiger partial charge in [0.05, 0.1) is 20.1 Å². The first kappa shape index (κ1) is 24.9. The van der Waals surface area contributed by atoms with Gasteiger partial charge >= 0.3 is 5.97 Å². The van der Waals surface area contributed by atoms with Crippen LogP contribution >= 0.6 is 11.3 Å². The molecule has 30 heavy (non-hydrogen) atoms. The van der Waals surface area contributed by atoms with Crippen molar-refractivity contribution in [3.05, 3.63) is 45.7 Å². The normalized spacial score (nSPS) is 25.5. The molecule has 0 saturated heterocycles. The smallest absolute Gasteiger partial charge is 0.303 e. The lowest BCUT2D eigenvalue weighted by atomic mass is 9.80. The SMILES string of the molecule is [B]C[C@@H]1CC(O)[C@H](C/C=C\CCCC(=O)O)[C@H]1/C=C/[C@@H](O)CCc1cc(C)c(C)s1. The molecule has 1 aromatic heterocycles. The van der Waals surface area contributed by atoms with Crippen LogP contribution in [0.5, 0.6) is 0 Å². The number of carbonyl (C=O) groups is 1. The monoisotopic (exact) mass is 430 g/mol. The average Bonchev–Trinajstić information content (AvgIpc) is 3.19. The minimum Gasteiger partial charge on any atom is -0.481 e. The van der Waals surface area contributed by atoms with Gasteiger partial charge in [-0.2, -0.15) is 0 Å². The van der Waals surface area contributed by atoms with Crippen molar-refractivity contribution in [2.75, 3.05) is 0 Å². The molecule has 4 nitrogen and oxygen atoms in total. The maximum absolute atomic E-state index is 10.6. The molecule has 1 saturated carbocycles. The summed E-state index contributed by atoms with van der Waals surface area (Å²) in [5, 5.41) is 29.6. The van der Waals surface area contributed by atoms with E-state index < -0.39 is 18.2 Å². The fourth-order valence-electron chi connectivity index (χ4n) is 4.27. The summed E-state index contributed by atoms with van der Waals surface area (Å²) in [5.74, 6) is -0.320. The largest absolute Gasteiger partial charge is 0.481 e. The summed E-state index contributed by atoms with van der Waals surface area (Å²) in [4.78, 5) is 13.2. The Kier molecular flexibility index (Phi) is 10.4. The summed E-state index contributed by atoms with van der Waals surface area (Å²) < 4.78 is 0. The van der Waals surface area contributed by atoms with E-state index in [0.717, 1.165) is 19.3 Å². The highest BCUT2D eigenvalue weighted by Gasteiger charge is 2.39. The average molecular weight is 430 g/mol. The van der Waals surface area contributed by atoms with Crippen LogP contribution in [-0.4, -0.2) is 41.3 Å². The first-order valence-corrected chi connectivity index (χ1v) is 11.8. The van der Waals surface area contributed by atoms with Gasteiger partial charge in [0, 0.05) is 16.2 Å². The van der Waals surface area contributed by atoms with Gasteiger partial charge in [-0.05, 0) is 81.8 Å². The fraction of sp³-hybridized carbons (Fsp3) is 0.625. The Morgan fingerprint density at radius 1 is 1.37 bits per heavy atom. The molecular weight excluding hydrogens is 395 g/mol. The minimum atomic E-state index is -0.770. The second-order valence-corrected chi connectivity index (χ2v) is 9.82. The summed E-state index contributed by atoms with van der Waals surface area (Å²) in [5.41, 5.74) is 1.31. The number of aryl methyl sites for hydroxylation is 3.